The topological polar surface area (TPSA) is 24.5 Å². The zero-order valence-electron chi connectivity index (χ0n) is 11.9. The molecule has 2 rings (SSSR count). The second kappa shape index (κ2) is 7.90. The Hall–Kier alpha value is -0.550. The molecule has 3 nitrogen and oxygen atoms in total. The third-order valence-corrected chi connectivity index (χ3v) is 4.74. The number of benzene rings is 1. The summed E-state index contributed by atoms with van der Waals surface area (Å²) in [5.41, 5.74) is 1.53. The summed E-state index contributed by atoms with van der Waals surface area (Å²) >= 11 is 1.99. The van der Waals surface area contributed by atoms with Crippen molar-refractivity contribution in [2.75, 3.05) is 52.7 Å². The van der Waals surface area contributed by atoms with Crippen molar-refractivity contribution in [1.29, 1.82) is 0 Å². The van der Waals surface area contributed by atoms with Gasteiger partial charge < -0.3 is 15.0 Å². The van der Waals surface area contributed by atoms with Gasteiger partial charge in [-0.1, -0.05) is 18.2 Å². The highest BCUT2D eigenvalue weighted by molar-refractivity contribution is 7.99. The highest BCUT2D eigenvalue weighted by Crippen LogP contribution is 2.39. The number of thioether (sulfide) groups is 1. The van der Waals surface area contributed by atoms with E-state index in [0.29, 0.717) is 5.92 Å². The van der Waals surface area contributed by atoms with E-state index >= 15 is 0 Å². The Bertz CT molecular complexity index is 386. The summed E-state index contributed by atoms with van der Waals surface area (Å²) in [6.07, 6.45) is 0. The van der Waals surface area contributed by atoms with Gasteiger partial charge in [0.1, 0.15) is 0 Å². The maximum atomic E-state index is 5.02. The van der Waals surface area contributed by atoms with Crippen LogP contribution in [0.1, 0.15) is 11.5 Å². The highest BCUT2D eigenvalue weighted by atomic mass is 32.2. The number of nitrogens with zero attached hydrogens (tertiary/aromatic N) is 1. The second-order valence-corrected chi connectivity index (χ2v) is 6.11. The number of hydrogen-bond acceptors (Lipinski definition) is 4. The molecular weight excluding hydrogens is 256 g/mol. The molecule has 1 aliphatic heterocycles. The van der Waals surface area contributed by atoms with Crippen LogP contribution in [0.15, 0.2) is 29.2 Å². The van der Waals surface area contributed by atoms with Crippen LogP contribution in [0.5, 0.6) is 0 Å². The van der Waals surface area contributed by atoms with E-state index in [0.717, 1.165) is 32.8 Å². The Balaban J connectivity index is 1.70. The third kappa shape index (κ3) is 4.49. The van der Waals surface area contributed by atoms with Gasteiger partial charge in [-0.15, -0.1) is 11.8 Å². The first-order valence-corrected chi connectivity index (χ1v) is 7.89. The molecule has 0 aliphatic carbocycles. The number of fused-ring (bicyclic) bond motifs is 1. The van der Waals surface area contributed by atoms with Crippen LogP contribution in [0.2, 0.25) is 0 Å². The summed E-state index contributed by atoms with van der Waals surface area (Å²) in [5.74, 6) is 1.91. The molecule has 0 radical (unpaired) electrons. The Morgan fingerprint density at radius 1 is 1.37 bits per heavy atom. The summed E-state index contributed by atoms with van der Waals surface area (Å²) in [6.45, 7) is 4.99. The molecule has 1 aromatic rings. The van der Waals surface area contributed by atoms with E-state index in [1.54, 1.807) is 7.11 Å². The number of hydrogen-bond donors (Lipinski definition) is 1. The molecule has 1 atom stereocenters. The van der Waals surface area contributed by atoms with Crippen molar-refractivity contribution in [2.24, 2.45) is 0 Å². The van der Waals surface area contributed by atoms with Gasteiger partial charge in [0.05, 0.1) is 6.61 Å². The van der Waals surface area contributed by atoms with Crippen molar-refractivity contribution in [3.63, 3.8) is 0 Å². The smallest absolute Gasteiger partial charge is 0.0587 e. The minimum atomic E-state index is 0.685. The molecule has 0 saturated carbocycles. The monoisotopic (exact) mass is 280 g/mol. The first kappa shape index (κ1) is 14.9. The summed E-state index contributed by atoms with van der Waals surface area (Å²) in [5, 5.41) is 3.39. The van der Waals surface area contributed by atoms with Gasteiger partial charge in [0.2, 0.25) is 0 Å². The molecule has 0 fully saturated rings. The van der Waals surface area contributed by atoms with Gasteiger partial charge in [-0.2, -0.15) is 0 Å². The van der Waals surface area contributed by atoms with E-state index in [1.165, 1.54) is 16.2 Å². The lowest BCUT2D eigenvalue weighted by Crippen LogP contribution is -2.33. The number of ether oxygens (including phenoxy) is 1. The second-order valence-electron chi connectivity index (χ2n) is 5.05. The molecular formula is C15H24N2OS. The number of rotatable bonds is 8. The lowest BCUT2D eigenvalue weighted by atomic mass is 10.0. The molecule has 0 spiro atoms. The summed E-state index contributed by atoms with van der Waals surface area (Å²) in [4.78, 5) is 3.90. The van der Waals surface area contributed by atoms with Crippen molar-refractivity contribution < 1.29 is 4.74 Å². The van der Waals surface area contributed by atoms with Gasteiger partial charge in [0.15, 0.2) is 0 Å². The van der Waals surface area contributed by atoms with Crippen LogP contribution in [0.3, 0.4) is 0 Å². The largest absolute Gasteiger partial charge is 0.383 e. The van der Waals surface area contributed by atoms with Crippen LogP contribution in [-0.2, 0) is 4.74 Å². The molecule has 1 aromatic carbocycles. The van der Waals surface area contributed by atoms with Crippen LogP contribution in [0.4, 0.5) is 0 Å². The normalized spacial score (nSPS) is 17.9. The van der Waals surface area contributed by atoms with Crippen LogP contribution >= 0.6 is 11.8 Å². The minimum absolute atomic E-state index is 0.685. The maximum absolute atomic E-state index is 5.02. The first-order valence-electron chi connectivity index (χ1n) is 6.91. The lowest BCUT2D eigenvalue weighted by molar-refractivity contribution is 0.197. The van der Waals surface area contributed by atoms with Crippen LogP contribution < -0.4 is 5.32 Å². The van der Waals surface area contributed by atoms with Crippen molar-refractivity contribution in [3.05, 3.63) is 29.8 Å². The van der Waals surface area contributed by atoms with Crippen LogP contribution in [-0.4, -0.2) is 57.6 Å². The predicted octanol–water partition coefficient (Wildman–Crippen LogP) is 2.04. The fourth-order valence-electron chi connectivity index (χ4n) is 2.42. The molecule has 106 valence electrons. The SMILES string of the molecule is COCCNCCN(C)CC1CSc2ccccc21. The molecule has 0 saturated heterocycles. The van der Waals surface area contributed by atoms with E-state index < -0.39 is 0 Å². The Morgan fingerprint density at radius 3 is 3.05 bits per heavy atom. The molecule has 1 heterocycles. The van der Waals surface area contributed by atoms with Crippen LogP contribution in [0.25, 0.3) is 0 Å². The van der Waals surface area contributed by atoms with Gasteiger partial charge in [0.25, 0.3) is 0 Å². The first-order chi connectivity index (χ1) is 9.31. The van der Waals surface area contributed by atoms with E-state index in [2.05, 4.69) is 41.5 Å². The standard InChI is InChI=1S/C15H24N2OS/c1-17(9-7-16-8-10-18-2)11-13-12-19-15-6-4-3-5-14(13)15/h3-6,13,16H,7-12H2,1-2H3. The van der Waals surface area contributed by atoms with Gasteiger partial charge in [-0.3, -0.25) is 0 Å². The number of likely N-dealkylation sites (N-methyl/N-ethyl adjacent to an activating group) is 1. The molecule has 1 N–H and O–H groups in total. The predicted molar refractivity (Wildman–Crippen MR) is 82.1 cm³/mol. The number of methoxy groups -OCH3 is 1. The third-order valence-electron chi connectivity index (χ3n) is 3.48. The van der Waals surface area contributed by atoms with Crippen molar-refractivity contribution >= 4 is 11.8 Å². The number of nitrogens with one attached hydrogen (secondary N) is 1. The summed E-state index contributed by atoms with van der Waals surface area (Å²) in [6, 6.07) is 8.82. The quantitative estimate of drug-likeness (QED) is 0.737. The Labute approximate surface area is 120 Å². The van der Waals surface area contributed by atoms with E-state index in [1.807, 2.05) is 11.8 Å². The van der Waals surface area contributed by atoms with Gasteiger partial charge >= 0.3 is 0 Å². The summed E-state index contributed by atoms with van der Waals surface area (Å²) in [7, 11) is 3.95. The fourth-order valence-corrected chi connectivity index (χ4v) is 3.66. The molecule has 1 unspecified atom stereocenters. The average Bonchev–Trinajstić information content (AvgIpc) is 2.82. The molecule has 19 heavy (non-hydrogen) atoms. The van der Waals surface area contributed by atoms with Gasteiger partial charge in [-0.25, -0.2) is 0 Å². The molecule has 4 heteroatoms. The lowest BCUT2D eigenvalue weighted by Gasteiger charge is -2.21. The van der Waals surface area contributed by atoms with Crippen molar-refractivity contribution in [2.45, 2.75) is 10.8 Å². The molecule has 1 aliphatic rings. The van der Waals surface area contributed by atoms with Crippen molar-refractivity contribution in [1.82, 2.24) is 10.2 Å². The summed E-state index contributed by atoms with van der Waals surface area (Å²) < 4.78 is 5.02. The van der Waals surface area contributed by atoms with E-state index in [9.17, 15) is 0 Å². The van der Waals surface area contributed by atoms with E-state index in [4.69, 9.17) is 4.74 Å². The molecule has 0 aromatic heterocycles. The Kier molecular flexibility index (Phi) is 6.17. The Morgan fingerprint density at radius 2 is 2.21 bits per heavy atom. The average molecular weight is 280 g/mol. The molecule has 0 bridgehead atoms. The van der Waals surface area contributed by atoms with Crippen molar-refractivity contribution in [3.8, 4) is 0 Å². The zero-order valence-corrected chi connectivity index (χ0v) is 12.7. The van der Waals surface area contributed by atoms with E-state index in [-0.39, 0.29) is 0 Å². The van der Waals surface area contributed by atoms with Gasteiger partial charge in [0, 0.05) is 49.9 Å². The minimum Gasteiger partial charge on any atom is -0.383 e. The zero-order chi connectivity index (χ0) is 13.5. The highest BCUT2D eigenvalue weighted by Gasteiger charge is 2.23. The maximum Gasteiger partial charge on any atom is 0.0587 e. The van der Waals surface area contributed by atoms with Gasteiger partial charge in [-0.05, 0) is 18.7 Å². The molecule has 0 amide bonds. The fraction of sp³-hybridized carbons (Fsp3) is 0.600. The van der Waals surface area contributed by atoms with Crippen LogP contribution in [0, 0.1) is 0 Å².